The Morgan fingerprint density at radius 2 is 1.91 bits per heavy atom. The van der Waals surface area contributed by atoms with Gasteiger partial charge in [-0.15, -0.1) is 0 Å². The number of rotatable bonds is 4. The van der Waals surface area contributed by atoms with Gasteiger partial charge in [-0.2, -0.15) is 0 Å². The van der Waals surface area contributed by atoms with Crippen LogP contribution in [0.15, 0.2) is 27.6 Å². The van der Waals surface area contributed by atoms with Crippen molar-refractivity contribution in [3.8, 4) is 0 Å². The zero-order chi connectivity index (χ0) is 17.3. The maximum atomic E-state index is 13.0. The minimum atomic E-state index is -3.31. The Balaban J connectivity index is 3.39. The Kier molecular flexibility index (Phi) is 5.65. The van der Waals surface area contributed by atoms with Crippen molar-refractivity contribution in [3.63, 3.8) is 0 Å². The van der Waals surface area contributed by atoms with Crippen LogP contribution in [-0.4, -0.2) is 25.5 Å². The van der Waals surface area contributed by atoms with Crippen LogP contribution in [-0.2, 0) is 14.7 Å². The van der Waals surface area contributed by atoms with E-state index in [1.54, 1.807) is 6.07 Å². The fourth-order valence-electron chi connectivity index (χ4n) is 1.59. The number of nitrogens with one attached hydrogen (secondary N) is 2. The molecule has 22 heavy (non-hydrogen) atoms. The number of methoxy groups -OCH3 is 1. The highest BCUT2D eigenvalue weighted by molar-refractivity contribution is 9.10. The second-order valence-electron chi connectivity index (χ2n) is 6.67. The van der Waals surface area contributed by atoms with Gasteiger partial charge < -0.3 is 4.74 Å². The van der Waals surface area contributed by atoms with E-state index in [0.29, 0.717) is 4.47 Å². The Morgan fingerprint density at radius 1 is 1.36 bits per heavy atom. The van der Waals surface area contributed by atoms with Crippen molar-refractivity contribution in [1.82, 2.24) is 4.39 Å². The topological polar surface area (TPSA) is 79.2 Å². The van der Waals surface area contributed by atoms with E-state index in [-0.39, 0.29) is 15.5 Å². The van der Waals surface area contributed by atoms with E-state index in [0.717, 1.165) is 0 Å². The zero-order valence-corrected chi connectivity index (χ0v) is 17.1. The monoisotopic (exact) mass is 406 g/mol. The summed E-state index contributed by atoms with van der Waals surface area (Å²) < 4.78 is 29.7. The second kappa shape index (κ2) is 6.43. The van der Waals surface area contributed by atoms with E-state index >= 15 is 0 Å². The average molecular weight is 407 g/mol. The molecule has 5 nitrogen and oxygen atoms in total. The van der Waals surface area contributed by atoms with E-state index in [1.165, 1.54) is 19.2 Å². The first-order valence-corrected chi connectivity index (χ1v) is 12.1. The predicted octanol–water partition coefficient (Wildman–Crippen LogP) is 4.15. The standard InChI is InChI=1S/C14H23BrN2O3SSi/c1-14(2,3)22(5,6)17-21(16,19)12-8-7-10(15)9-11(12)13(18)20-4/h7-9H,1-6H3,(H2,16,17,19). The summed E-state index contributed by atoms with van der Waals surface area (Å²) in [6.45, 7) is 10.2. The van der Waals surface area contributed by atoms with E-state index in [9.17, 15) is 9.00 Å². The molecule has 1 aromatic carbocycles. The van der Waals surface area contributed by atoms with Crippen LogP contribution in [0.4, 0.5) is 0 Å². The van der Waals surface area contributed by atoms with Gasteiger partial charge in [0.1, 0.15) is 18.2 Å². The maximum absolute atomic E-state index is 13.0. The first-order chi connectivity index (χ1) is 9.82. The molecule has 0 saturated carbocycles. The molecule has 0 bridgehead atoms. The highest BCUT2D eigenvalue weighted by atomic mass is 79.9. The van der Waals surface area contributed by atoms with Crippen molar-refractivity contribution in [2.24, 2.45) is 0 Å². The fourth-order valence-corrected chi connectivity index (χ4v) is 7.20. The normalized spacial score (nSPS) is 15.2. The van der Waals surface area contributed by atoms with Crippen molar-refractivity contribution in [2.75, 3.05) is 7.11 Å². The van der Waals surface area contributed by atoms with E-state index in [4.69, 9.17) is 9.52 Å². The lowest BCUT2D eigenvalue weighted by molar-refractivity contribution is 0.0596. The molecule has 0 aliphatic carbocycles. The third-order valence-corrected chi connectivity index (χ3v) is 12.3. The third-order valence-electron chi connectivity index (χ3n) is 3.93. The molecule has 0 radical (unpaired) electrons. The summed E-state index contributed by atoms with van der Waals surface area (Å²) in [5.41, 5.74) is 0.142. The fraction of sp³-hybridized carbons (Fsp3) is 0.500. The van der Waals surface area contributed by atoms with Gasteiger partial charge >= 0.3 is 5.97 Å². The number of carbonyl (C=O) groups excluding carboxylic acids is 1. The molecule has 0 aliphatic rings. The molecule has 1 rings (SSSR count). The molecule has 0 saturated heterocycles. The molecule has 1 unspecified atom stereocenters. The van der Waals surface area contributed by atoms with Crippen molar-refractivity contribution >= 4 is 40.0 Å². The number of hydrogen-bond donors (Lipinski definition) is 2. The van der Waals surface area contributed by atoms with Gasteiger partial charge in [-0.3, -0.25) is 0 Å². The average Bonchev–Trinajstić information content (AvgIpc) is 2.34. The van der Waals surface area contributed by atoms with Crippen LogP contribution in [0.25, 0.3) is 0 Å². The van der Waals surface area contributed by atoms with Crippen molar-refractivity contribution in [1.29, 1.82) is 4.78 Å². The quantitative estimate of drug-likeness (QED) is 0.581. The van der Waals surface area contributed by atoms with Gasteiger partial charge in [0.05, 0.1) is 17.6 Å². The minimum absolute atomic E-state index is 0.0858. The van der Waals surface area contributed by atoms with Gasteiger partial charge in [-0.05, 0) is 23.2 Å². The summed E-state index contributed by atoms with van der Waals surface area (Å²) in [5, 5.41) is -0.0858. The summed E-state index contributed by atoms with van der Waals surface area (Å²) in [5.74, 6) is -0.603. The van der Waals surface area contributed by atoms with Crippen molar-refractivity contribution in [3.05, 3.63) is 28.2 Å². The highest BCUT2D eigenvalue weighted by Crippen LogP contribution is 2.35. The third kappa shape index (κ3) is 4.18. The van der Waals surface area contributed by atoms with Crippen LogP contribution >= 0.6 is 15.9 Å². The van der Waals surface area contributed by atoms with E-state index < -0.39 is 24.1 Å². The summed E-state index contributed by atoms with van der Waals surface area (Å²) in [4.78, 5) is 12.1. The number of ether oxygens (including phenoxy) is 1. The summed E-state index contributed by atoms with van der Waals surface area (Å²) in [6, 6.07) is 4.73. The van der Waals surface area contributed by atoms with Gasteiger partial charge in [-0.1, -0.05) is 49.8 Å². The maximum Gasteiger partial charge on any atom is 0.339 e. The molecule has 0 fully saturated rings. The van der Waals surface area contributed by atoms with Gasteiger partial charge in [-0.25, -0.2) is 18.2 Å². The van der Waals surface area contributed by atoms with E-state index in [1.807, 2.05) is 13.1 Å². The molecule has 2 N–H and O–H groups in total. The van der Waals surface area contributed by atoms with Crippen LogP contribution in [0.5, 0.6) is 0 Å². The lowest BCUT2D eigenvalue weighted by Crippen LogP contribution is -2.54. The van der Waals surface area contributed by atoms with Crippen molar-refractivity contribution < 1.29 is 13.7 Å². The lowest BCUT2D eigenvalue weighted by atomic mass is 10.2. The van der Waals surface area contributed by atoms with E-state index in [2.05, 4.69) is 41.1 Å². The van der Waals surface area contributed by atoms with Crippen LogP contribution in [0.2, 0.25) is 18.1 Å². The number of benzene rings is 1. The van der Waals surface area contributed by atoms with Crippen LogP contribution in [0.3, 0.4) is 0 Å². The Bertz CT molecular complexity index is 682. The summed E-state index contributed by atoms with van der Waals surface area (Å²) >= 11 is 3.28. The van der Waals surface area contributed by atoms with Crippen LogP contribution in [0, 0.1) is 4.78 Å². The summed E-state index contributed by atoms with van der Waals surface area (Å²) in [7, 11) is -4.23. The molecule has 0 amide bonds. The largest absolute Gasteiger partial charge is 0.465 e. The first kappa shape index (κ1) is 19.3. The molecular formula is C14H23BrN2O3SSi. The Hall–Kier alpha value is -0.703. The number of carbonyl (C=O) groups is 1. The highest BCUT2D eigenvalue weighted by Gasteiger charge is 2.39. The molecular weight excluding hydrogens is 384 g/mol. The molecule has 0 heterocycles. The summed E-state index contributed by atoms with van der Waals surface area (Å²) in [6.07, 6.45) is 0. The minimum Gasteiger partial charge on any atom is -0.465 e. The predicted molar refractivity (Wildman–Crippen MR) is 94.9 cm³/mol. The molecule has 124 valence electrons. The Labute approximate surface area is 142 Å². The zero-order valence-electron chi connectivity index (χ0n) is 13.7. The van der Waals surface area contributed by atoms with Gasteiger partial charge in [0.15, 0.2) is 0 Å². The molecule has 0 aromatic heterocycles. The molecule has 0 spiro atoms. The molecule has 1 aromatic rings. The van der Waals surface area contributed by atoms with Crippen LogP contribution in [0.1, 0.15) is 31.1 Å². The SMILES string of the molecule is COC(=O)c1cc(Br)ccc1S(=N)(=O)N[Si](C)(C)C(C)(C)C. The second-order valence-corrected chi connectivity index (χ2v) is 14.7. The number of halogens is 1. The lowest BCUT2D eigenvalue weighted by Gasteiger charge is -2.37. The van der Waals surface area contributed by atoms with Crippen LogP contribution < -0.4 is 4.39 Å². The van der Waals surface area contributed by atoms with Gasteiger partial charge in [0.2, 0.25) is 0 Å². The van der Waals surface area contributed by atoms with Gasteiger partial charge in [0.25, 0.3) is 0 Å². The molecule has 0 aliphatic heterocycles. The molecule has 1 atom stereocenters. The molecule has 8 heteroatoms. The van der Waals surface area contributed by atoms with Gasteiger partial charge in [0, 0.05) is 4.47 Å². The number of hydrogen-bond acceptors (Lipinski definition) is 4. The first-order valence-electron chi connectivity index (χ1n) is 6.77. The smallest absolute Gasteiger partial charge is 0.339 e. The number of esters is 1. The van der Waals surface area contributed by atoms with Crippen molar-refractivity contribution in [2.45, 2.75) is 43.8 Å². The Morgan fingerprint density at radius 3 is 2.36 bits per heavy atom.